The summed E-state index contributed by atoms with van der Waals surface area (Å²) in [5, 5.41) is 3.73. The monoisotopic (exact) mass is 324 g/mol. The number of hydrogen-bond donors (Lipinski definition) is 1. The van der Waals surface area contributed by atoms with Crippen molar-refractivity contribution in [1.29, 1.82) is 0 Å². The molecule has 1 fully saturated rings. The molecule has 1 saturated heterocycles. The van der Waals surface area contributed by atoms with Crippen molar-refractivity contribution in [3.05, 3.63) is 59.7 Å². The molecule has 0 spiro atoms. The highest BCUT2D eigenvalue weighted by atomic mass is 15.1. The highest BCUT2D eigenvalue weighted by molar-refractivity contribution is 5.14. The second-order valence-corrected chi connectivity index (χ2v) is 6.95. The first-order chi connectivity index (χ1) is 11.7. The van der Waals surface area contributed by atoms with Crippen LogP contribution in [0.1, 0.15) is 30.3 Å². The van der Waals surface area contributed by atoms with Gasteiger partial charge < -0.3 is 5.32 Å². The normalized spacial score (nSPS) is 21.8. The van der Waals surface area contributed by atoms with E-state index < -0.39 is 0 Å². The van der Waals surface area contributed by atoms with E-state index in [0.29, 0.717) is 12.0 Å². The van der Waals surface area contributed by atoms with Gasteiger partial charge in [-0.1, -0.05) is 37.3 Å². The molecule has 0 saturated carbocycles. The highest BCUT2D eigenvalue weighted by Gasteiger charge is 2.25. The molecule has 2 aromatic rings. The van der Waals surface area contributed by atoms with Gasteiger partial charge in [0.25, 0.3) is 0 Å². The van der Waals surface area contributed by atoms with Crippen molar-refractivity contribution < 1.29 is 0 Å². The maximum atomic E-state index is 4.52. The molecule has 24 heavy (non-hydrogen) atoms. The van der Waals surface area contributed by atoms with Gasteiger partial charge in [-0.25, -0.2) is 0 Å². The van der Waals surface area contributed by atoms with Crippen molar-refractivity contribution in [2.24, 2.45) is 5.92 Å². The van der Waals surface area contributed by atoms with Gasteiger partial charge >= 0.3 is 0 Å². The first-order valence-electron chi connectivity index (χ1n) is 8.98. The van der Waals surface area contributed by atoms with E-state index in [4.69, 9.17) is 0 Å². The minimum atomic E-state index is 0.606. The minimum absolute atomic E-state index is 0.606. The first kappa shape index (κ1) is 17.1. The number of nitrogens with one attached hydrogen (secondary N) is 1. The third kappa shape index (κ3) is 4.86. The van der Waals surface area contributed by atoms with E-state index >= 15 is 0 Å². The van der Waals surface area contributed by atoms with Crippen molar-refractivity contribution in [2.45, 2.75) is 39.3 Å². The largest absolute Gasteiger partial charge is 0.313 e. The van der Waals surface area contributed by atoms with E-state index in [1.807, 2.05) is 19.3 Å². The molecule has 2 heterocycles. The molecular formula is C20H28N4. The molecule has 0 radical (unpaired) electrons. The summed E-state index contributed by atoms with van der Waals surface area (Å²) in [6.45, 7) is 8.73. The number of benzene rings is 1. The molecule has 1 aromatic heterocycles. The molecule has 0 aliphatic carbocycles. The Bertz CT molecular complexity index is 629. The summed E-state index contributed by atoms with van der Waals surface area (Å²) < 4.78 is 0. The van der Waals surface area contributed by atoms with Crippen molar-refractivity contribution in [1.82, 2.24) is 20.2 Å². The average Bonchev–Trinajstić information content (AvgIpc) is 2.58. The molecule has 0 amide bonds. The van der Waals surface area contributed by atoms with Crippen LogP contribution in [0.25, 0.3) is 0 Å². The lowest BCUT2D eigenvalue weighted by Gasteiger charge is -2.37. The van der Waals surface area contributed by atoms with E-state index in [1.165, 1.54) is 18.5 Å². The van der Waals surface area contributed by atoms with Gasteiger partial charge in [-0.2, -0.15) is 0 Å². The number of aryl methyl sites for hydroxylation is 1. The summed E-state index contributed by atoms with van der Waals surface area (Å²) >= 11 is 0. The Labute approximate surface area is 145 Å². The molecule has 1 aromatic carbocycles. The summed E-state index contributed by atoms with van der Waals surface area (Å²) in [6, 6.07) is 11.4. The third-order valence-corrected chi connectivity index (χ3v) is 4.83. The fraction of sp³-hybridized carbons (Fsp3) is 0.500. The third-order valence-electron chi connectivity index (χ3n) is 4.83. The van der Waals surface area contributed by atoms with Crippen LogP contribution in [0.2, 0.25) is 0 Å². The quantitative estimate of drug-likeness (QED) is 0.887. The number of aromatic nitrogens is 2. The second kappa shape index (κ2) is 8.36. The number of nitrogens with zero attached hydrogens (tertiary/aromatic N) is 3. The summed E-state index contributed by atoms with van der Waals surface area (Å²) in [4.78, 5) is 11.3. The zero-order valence-corrected chi connectivity index (χ0v) is 14.8. The van der Waals surface area contributed by atoms with E-state index in [9.17, 15) is 0 Å². The van der Waals surface area contributed by atoms with Gasteiger partial charge in [0.1, 0.15) is 0 Å². The predicted molar refractivity (Wildman–Crippen MR) is 97.8 cm³/mol. The van der Waals surface area contributed by atoms with Gasteiger partial charge in [-0.3, -0.25) is 14.9 Å². The lowest BCUT2D eigenvalue weighted by Crippen LogP contribution is -2.48. The first-order valence-corrected chi connectivity index (χ1v) is 8.98. The molecule has 4 heteroatoms. The number of likely N-dealkylation sites (tertiary alicyclic amines) is 1. The maximum absolute atomic E-state index is 4.52. The standard InChI is InChI=1S/C20H28N4/c1-16-14-24(15-18-6-4-3-5-7-18)11-9-20(16)22-10-8-19-13-21-12-17(2)23-19/h3-7,12-13,16,20,22H,8-11,14-15H2,1-2H3. The second-order valence-electron chi connectivity index (χ2n) is 6.95. The lowest BCUT2D eigenvalue weighted by molar-refractivity contribution is 0.141. The van der Waals surface area contributed by atoms with Crippen LogP contribution in [0.15, 0.2) is 42.7 Å². The van der Waals surface area contributed by atoms with Gasteiger partial charge in [0.05, 0.1) is 11.4 Å². The number of hydrogen-bond acceptors (Lipinski definition) is 4. The van der Waals surface area contributed by atoms with Crippen LogP contribution >= 0.6 is 0 Å². The summed E-state index contributed by atoms with van der Waals surface area (Å²) in [5.74, 6) is 0.672. The molecule has 2 unspecified atom stereocenters. The topological polar surface area (TPSA) is 41.1 Å². The molecule has 2 atom stereocenters. The minimum Gasteiger partial charge on any atom is -0.313 e. The van der Waals surface area contributed by atoms with E-state index in [0.717, 1.165) is 37.4 Å². The van der Waals surface area contributed by atoms with Crippen LogP contribution < -0.4 is 5.32 Å². The predicted octanol–water partition coefficient (Wildman–Crippen LogP) is 2.83. The Morgan fingerprint density at radius 3 is 2.79 bits per heavy atom. The van der Waals surface area contributed by atoms with E-state index in [2.05, 4.69) is 57.4 Å². The Kier molecular flexibility index (Phi) is 5.94. The van der Waals surface area contributed by atoms with Gasteiger partial charge in [-0.05, 0) is 31.4 Å². The summed E-state index contributed by atoms with van der Waals surface area (Å²) in [6.07, 6.45) is 5.85. The van der Waals surface area contributed by atoms with Crippen LogP contribution in [0.5, 0.6) is 0 Å². The van der Waals surface area contributed by atoms with Crippen molar-refractivity contribution >= 4 is 0 Å². The van der Waals surface area contributed by atoms with Gasteiger partial charge in [0.15, 0.2) is 0 Å². The van der Waals surface area contributed by atoms with Gasteiger partial charge in [0.2, 0.25) is 0 Å². The maximum Gasteiger partial charge on any atom is 0.0602 e. The van der Waals surface area contributed by atoms with Gasteiger partial charge in [-0.15, -0.1) is 0 Å². The molecular weight excluding hydrogens is 296 g/mol. The molecule has 3 rings (SSSR count). The van der Waals surface area contributed by atoms with Crippen molar-refractivity contribution in [3.63, 3.8) is 0 Å². The SMILES string of the molecule is Cc1cncc(CCNC2CCN(Cc3ccccc3)CC2C)n1. The average molecular weight is 324 g/mol. The molecule has 128 valence electrons. The van der Waals surface area contributed by atoms with Crippen LogP contribution in [0.4, 0.5) is 0 Å². The fourth-order valence-electron chi connectivity index (χ4n) is 3.54. The van der Waals surface area contributed by atoms with Gasteiger partial charge in [0, 0.05) is 44.5 Å². The summed E-state index contributed by atoms with van der Waals surface area (Å²) in [5.41, 5.74) is 3.49. The molecule has 1 aliphatic rings. The van der Waals surface area contributed by atoms with Crippen LogP contribution in [-0.4, -0.2) is 40.5 Å². The van der Waals surface area contributed by atoms with Crippen molar-refractivity contribution in [2.75, 3.05) is 19.6 Å². The Morgan fingerprint density at radius 1 is 1.21 bits per heavy atom. The fourth-order valence-corrected chi connectivity index (χ4v) is 3.54. The smallest absolute Gasteiger partial charge is 0.0602 e. The molecule has 1 N–H and O–H groups in total. The highest BCUT2D eigenvalue weighted by Crippen LogP contribution is 2.19. The van der Waals surface area contributed by atoms with E-state index in [-0.39, 0.29) is 0 Å². The van der Waals surface area contributed by atoms with Crippen LogP contribution in [0, 0.1) is 12.8 Å². The zero-order valence-electron chi connectivity index (χ0n) is 14.8. The van der Waals surface area contributed by atoms with E-state index in [1.54, 1.807) is 0 Å². The lowest BCUT2D eigenvalue weighted by atomic mass is 9.93. The van der Waals surface area contributed by atoms with Crippen molar-refractivity contribution in [3.8, 4) is 0 Å². The molecule has 4 nitrogen and oxygen atoms in total. The molecule has 0 bridgehead atoms. The Balaban J connectivity index is 1.42. The number of rotatable bonds is 6. The van der Waals surface area contributed by atoms with Crippen LogP contribution in [0.3, 0.4) is 0 Å². The van der Waals surface area contributed by atoms with Crippen LogP contribution in [-0.2, 0) is 13.0 Å². The molecule has 1 aliphatic heterocycles. The zero-order chi connectivity index (χ0) is 16.8. The Hall–Kier alpha value is -1.78. The Morgan fingerprint density at radius 2 is 2.04 bits per heavy atom. The summed E-state index contributed by atoms with van der Waals surface area (Å²) in [7, 11) is 0. The number of piperidine rings is 1.